The van der Waals surface area contributed by atoms with E-state index in [9.17, 15) is 0 Å². The summed E-state index contributed by atoms with van der Waals surface area (Å²) < 4.78 is 16.3. The summed E-state index contributed by atoms with van der Waals surface area (Å²) in [6.07, 6.45) is 1.76. The van der Waals surface area contributed by atoms with Crippen molar-refractivity contribution in [1.82, 2.24) is 4.90 Å². The molecule has 0 aromatic heterocycles. The van der Waals surface area contributed by atoms with Crippen molar-refractivity contribution in [3.8, 4) is 0 Å². The van der Waals surface area contributed by atoms with E-state index in [1.807, 2.05) is 0 Å². The van der Waals surface area contributed by atoms with Gasteiger partial charge < -0.3 is 24.8 Å². The van der Waals surface area contributed by atoms with Crippen molar-refractivity contribution in [3.05, 3.63) is 0 Å². The van der Waals surface area contributed by atoms with Gasteiger partial charge in [-0.2, -0.15) is 0 Å². The molecule has 0 atom stereocenters. The molecule has 0 spiro atoms. The summed E-state index contributed by atoms with van der Waals surface area (Å²) in [5.74, 6) is 0.598. The van der Waals surface area contributed by atoms with Crippen LogP contribution in [-0.4, -0.2) is 69.6 Å². The van der Waals surface area contributed by atoms with Gasteiger partial charge in [-0.25, -0.2) is 0 Å². The summed E-state index contributed by atoms with van der Waals surface area (Å²) in [6, 6.07) is 0. The van der Waals surface area contributed by atoms with Crippen LogP contribution in [0.1, 0.15) is 12.8 Å². The fourth-order valence-electron chi connectivity index (χ4n) is 2.29. The van der Waals surface area contributed by atoms with Gasteiger partial charge in [-0.15, -0.1) is 24.0 Å². The molecule has 19 heavy (non-hydrogen) atoms. The number of guanidine groups is 1. The number of methoxy groups -OCH3 is 1. The van der Waals surface area contributed by atoms with E-state index in [0.717, 1.165) is 52.4 Å². The lowest BCUT2D eigenvalue weighted by atomic mass is 9.94. The molecular formula is C12H24IN3O3. The Morgan fingerprint density at radius 3 is 2.37 bits per heavy atom. The average molecular weight is 385 g/mol. The third-order valence-corrected chi connectivity index (χ3v) is 3.70. The van der Waals surface area contributed by atoms with E-state index in [1.165, 1.54) is 0 Å². The Hall–Kier alpha value is -0.120. The van der Waals surface area contributed by atoms with Crippen molar-refractivity contribution in [1.29, 1.82) is 0 Å². The number of nitrogens with zero attached hydrogens (tertiary/aromatic N) is 2. The van der Waals surface area contributed by atoms with Crippen molar-refractivity contribution < 1.29 is 14.2 Å². The molecule has 0 bridgehead atoms. The number of hydrogen-bond donors (Lipinski definition) is 1. The zero-order valence-electron chi connectivity index (χ0n) is 11.5. The zero-order valence-corrected chi connectivity index (χ0v) is 13.8. The summed E-state index contributed by atoms with van der Waals surface area (Å²) in [4.78, 5) is 6.56. The van der Waals surface area contributed by atoms with E-state index in [0.29, 0.717) is 12.5 Å². The summed E-state index contributed by atoms with van der Waals surface area (Å²) >= 11 is 0. The summed E-state index contributed by atoms with van der Waals surface area (Å²) in [6.45, 7) is 5.16. The Bertz CT molecular complexity index is 290. The quantitative estimate of drug-likeness (QED) is 0.434. The third kappa shape index (κ3) is 4.73. The van der Waals surface area contributed by atoms with Crippen molar-refractivity contribution in [2.75, 3.05) is 53.2 Å². The lowest BCUT2D eigenvalue weighted by Gasteiger charge is -2.35. The monoisotopic (exact) mass is 385 g/mol. The number of aliphatic imine (C=N–C) groups is 1. The number of ether oxygens (including phenoxy) is 3. The molecule has 0 aromatic rings. The summed E-state index contributed by atoms with van der Waals surface area (Å²) in [5, 5.41) is 0. The normalized spacial score (nSPS) is 23.8. The second kappa shape index (κ2) is 8.23. The van der Waals surface area contributed by atoms with Gasteiger partial charge in [-0.1, -0.05) is 0 Å². The van der Waals surface area contributed by atoms with Crippen LogP contribution in [0.4, 0.5) is 0 Å². The second-order valence-electron chi connectivity index (χ2n) is 4.77. The van der Waals surface area contributed by atoms with Gasteiger partial charge in [0.15, 0.2) is 5.96 Å². The van der Waals surface area contributed by atoms with Gasteiger partial charge in [0.1, 0.15) is 0 Å². The van der Waals surface area contributed by atoms with Gasteiger partial charge in [0.2, 0.25) is 0 Å². The minimum atomic E-state index is -0.199. The Labute approximate surface area is 131 Å². The predicted molar refractivity (Wildman–Crippen MR) is 84.1 cm³/mol. The van der Waals surface area contributed by atoms with Crippen LogP contribution < -0.4 is 5.73 Å². The largest absolute Gasteiger partial charge is 0.381 e. The molecule has 2 heterocycles. The zero-order chi connectivity index (χ0) is 12.8. The molecule has 0 radical (unpaired) electrons. The second-order valence-corrected chi connectivity index (χ2v) is 4.77. The number of morpholine rings is 1. The maximum absolute atomic E-state index is 6.01. The van der Waals surface area contributed by atoms with Gasteiger partial charge in [-0.3, -0.25) is 4.99 Å². The molecule has 0 aromatic carbocycles. The fraction of sp³-hybridized carbons (Fsp3) is 0.917. The Morgan fingerprint density at radius 2 is 1.79 bits per heavy atom. The van der Waals surface area contributed by atoms with Crippen molar-refractivity contribution in [2.45, 2.75) is 18.4 Å². The highest BCUT2D eigenvalue weighted by Crippen LogP contribution is 2.24. The van der Waals surface area contributed by atoms with Gasteiger partial charge in [0, 0.05) is 46.3 Å². The third-order valence-electron chi connectivity index (χ3n) is 3.70. The lowest BCUT2D eigenvalue weighted by molar-refractivity contribution is -0.0829. The maximum Gasteiger partial charge on any atom is 0.191 e. The highest BCUT2D eigenvalue weighted by Gasteiger charge is 2.32. The number of nitrogens with two attached hydrogens (primary N) is 1. The van der Waals surface area contributed by atoms with E-state index in [2.05, 4.69) is 9.89 Å². The molecule has 2 rings (SSSR count). The minimum absolute atomic E-state index is 0. The van der Waals surface area contributed by atoms with E-state index in [4.69, 9.17) is 19.9 Å². The first kappa shape index (κ1) is 16.9. The molecule has 7 heteroatoms. The molecule has 2 fully saturated rings. The van der Waals surface area contributed by atoms with Crippen LogP contribution in [-0.2, 0) is 14.2 Å². The first-order chi connectivity index (χ1) is 8.76. The molecule has 2 N–H and O–H groups in total. The molecule has 112 valence electrons. The van der Waals surface area contributed by atoms with Crippen LogP contribution in [0.25, 0.3) is 0 Å². The van der Waals surface area contributed by atoms with Crippen molar-refractivity contribution >= 4 is 29.9 Å². The molecular weight excluding hydrogens is 361 g/mol. The SMILES string of the molecule is COC1(CN=C(N)N2CCOCC2)CCOCC1.I. The summed E-state index contributed by atoms with van der Waals surface area (Å²) in [7, 11) is 1.74. The highest BCUT2D eigenvalue weighted by molar-refractivity contribution is 14.0. The Balaban J connectivity index is 0.00000180. The van der Waals surface area contributed by atoms with Gasteiger partial charge in [0.25, 0.3) is 0 Å². The van der Waals surface area contributed by atoms with E-state index < -0.39 is 0 Å². The van der Waals surface area contributed by atoms with Gasteiger partial charge in [-0.05, 0) is 0 Å². The molecule has 2 saturated heterocycles. The fourth-order valence-corrected chi connectivity index (χ4v) is 2.29. The highest BCUT2D eigenvalue weighted by atomic mass is 127. The lowest BCUT2D eigenvalue weighted by Crippen LogP contribution is -2.46. The Morgan fingerprint density at radius 1 is 1.21 bits per heavy atom. The number of hydrogen-bond acceptors (Lipinski definition) is 4. The van der Waals surface area contributed by atoms with Crippen LogP contribution in [0.2, 0.25) is 0 Å². The molecule has 6 nitrogen and oxygen atoms in total. The number of rotatable bonds is 3. The average Bonchev–Trinajstić information content (AvgIpc) is 2.47. The molecule has 0 unspecified atom stereocenters. The van der Waals surface area contributed by atoms with Crippen LogP contribution >= 0.6 is 24.0 Å². The van der Waals surface area contributed by atoms with Crippen LogP contribution in [0, 0.1) is 0 Å². The van der Waals surface area contributed by atoms with Gasteiger partial charge >= 0.3 is 0 Å². The van der Waals surface area contributed by atoms with Crippen LogP contribution in [0.5, 0.6) is 0 Å². The first-order valence-electron chi connectivity index (χ1n) is 6.51. The van der Waals surface area contributed by atoms with Crippen LogP contribution in [0.15, 0.2) is 4.99 Å². The standard InChI is InChI=1S/C12H23N3O3.HI/c1-16-12(2-6-17-7-3-12)10-14-11(13)15-4-8-18-9-5-15;/h2-10H2,1H3,(H2,13,14);1H. The molecule has 0 aliphatic carbocycles. The molecule has 2 aliphatic heterocycles. The Kier molecular flexibility index (Phi) is 7.33. The van der Waals surface area contributed by atoms with Gasteiger partial charge in [0.05, 0.1) is 25.4 Å². The topological polar surface area (TPSA) is 69.3 Å². The predicted octanol–water partition coefficient (Wildman–Crippen LogP) is 0.447. The molecule has 0 amide bonds. The minimum Gasteiger partial charge on any atom is -0.381 e. The van der Waals surface area contributed by atoms with E-state index in [1.54, 1.807) is 7.11 Å². The van der Waals surface area contributed by atoms with E-state index >= 15 is 0 Å². The van der Waals surface area contributed by atoms with Crippen molar-refractivity contribution in [3.63, 3.8) is 0 Å². The summed E-state index contributed by atoms with van der Waals surface area (Å²) in [5.41, 5.74) is 5.81. The van der Waals surface area contributed by atoms with Crippen molar-refractivity contribution in [2.24, 2.45) is 10.7 Å². The number of halogens is 1. The maximum atomic E-state index is 6.01. The first-order valence-corrected chi connectivity index (χ1v) is 6.51. The van der Waals surface area contributed by atoms with E-state index in [-0.39, 0.29) is 29.6 Å². The smallest absolute Gasteiger partial charge is 0.191 e. The van der Waals surface area contributed by atoms with Crippen LogP contribution in [0.3, 0.4) is 0 Å². The molecule has 0 saturated carbocycles. The molecule has 2 aliphatic rings.